The van der Waals surface area contributed by atoms with Crippen molar-refractivity contribution in [2.24, 2.45) is 0 Å². The van der Waals surface area contributed by atoms with Crippen molar-refractivity contribution in [2.45, 2.75) is 75.9 Å². The van der Waals surface area contributed by atoms with Crippen LogP contribution in [0.25, 0.3) is 0 Å². The van der Waals surface area contributed by atoms with E-state index in [9.17, 15) is 4.79 Å². The lowest BCUT2D eigenvalue weighted by atomic mass is 9.92. The first-order valence-electron chi connectivity index (χ1n) is 10.5. The Kier molecular flexibility index (Phi) is 9.47. The number of likely N-dealkylation sites (tertiary alicyclic amines) is 1. The van der Waals surface area contributed by atoms with Crippen molar-refractivity contribution in [1.82, 2.24) is 30.5 Å². The molecule has 0 aromatic carbocycles. The van der Waals surface area contributed by atoms with Gasteiger partial charge in [-0.05, 0) is 51.6 Å². The zero-order chi connectivity index (χ0) is 17.8. The number of aromatic nitrogens is 3. The highest BCUT2D eigenvalue weighted by Gasteiger charge is 2.27. The quantitative estimate of drug-likeness (QED) is 0.764. The normalized spacial score (nSPS) is 22.9. The molecular weight excluding hydrogens is 399 g/mol. The molecule has 160 valence electrons. The summed E-state index contributed by atoms with van der Waals surface area (Å²) >= 11 is 0. The van der Waals surface area contributed by atoms with Gasteiger partial charge in [-0.15, -0.1) is 29.9 Å². The molecule has 28 heavy (non-hydrogen) atoms. The average Bonchev–Trinajstić information content (AvgIpc) is 3.20. The Morgan fingerprint density at radius 1 is 0.964 bits per heavy atom. The van der Waals surface area contributed by atoms with Gasteiger partial charge in [0.25, 0.3) is 5.91 Å². The molecule has 2 saturated heterocycles. The lowest BCUT2D eigenvalue weighted by Gasteiger charge is -2.39. The molecule has 3 aliphatic rings. The smallest absolute Gasteiger partial charge is 0.273 e. The zero-order valence-corrected chi connectivity index (χ0v) is 18.1. The molecule has 9 heteroatoms. The summed E-state index contributed by atoms with van der Waals surface area (Å²) in [7, 11) is 0. The topological polar surface area (TPSA) is 75.1 Å². The number of hydrogen-bond acceptors (Lipinski definition) is 5. The number of piperidine rings is 2. The van der Waals surface area contributed by atoms with E-state index in [-0.39, 0.29) is 36.8 Å². The summed E-state index contributed by atoms with van der Waals surface area (Å²) < 4.78 is 1.88. The highest BCUT2D eigenvalue weighted by Crippen LogP contribution is 2.25. The molecule has 0 spiro atoms. The fraction of sp³-hybridized carbons (Fsp3) is 0.842. The minimum Gasteiger partial charge on any atom is -0.348 e. The number of carbonyl (C=O) groups is 1. The van der Waals surface area contributed by atoms with Crippen molar-refractivity contribution < 1.29 is 4.79 Å². The SMILES string of the molecule is Cl.Cl.O=C(NC1CCN(C2CCCCC2)CC1)c1cn(C2CCNCC2)nn1. The molecule has 2 N–H and O–H groups in total. The summed E-state index contributed by atoms with van der Waals surface area (Å²) in [6, 6.07) is 1.42. The molecule has 0 bridgehead atoms. The summed E-state index contributed by atoms with van der Waals surface area (Å²) in [5.41, 5.74) is 0.457. The van der Waals surface area contributed by atoms with Crippen molar-refractivity contribution in [3.8, 4) is 0 Å². The van der Waals surface area contributed by atoms with Crippen LogP contribution in [0, 0.1) is 0 Å². The molecule has 1 aliphatic carbocycles. The Balaban J connectivity index is 0.00000140. The standard InChI is InChI=1S/C19H32N6O.2ClH/c26-19(18-14-25(23-22-18)17-6-10-20-11-7-17)21-15-8-12-24(13-9-15)16-4-2-1-3-5-16;;/h14-17,20H,1-13H2,(H,21,26);2*1H. The summed E-state index contributed by atoms with van der Waals surface area (Å²) in [6.45, 7) is 4.23. The van der Waals surface area contributed by atoms with Crippen LogP contribution < -0.4 is 10.6 Å². The summed E-state index contributed by atoms with van der Waals surface area (Å²) in [4.78, 5) is 15.2. The minimum absolute atomic E-state index is 0. The van der Waals surface area contributed by atoms with E-state index in [2.05, 4.69) is 25.8 Å². The molecule has 1 aromatic rings. The second-order valence-corrected chi connectivity index (χ2v) is 8.14. The van der Waals surface area contributed by atoms with E-state index < -0.39 is 0 Å². The van der Waals surface area contributed by atoms with Crippen LogP contribution in [0.4, 0.5) is 0 Å². The van der Waals surface area contributed by atoms with Crippen LogP contribution in [-0.2, 0) is 0 Å². The largest absolute Gasteiger partial charge is 0.348 e. The van der Waals surface area contributed by atoms with Gasteiger partial charge in [-0.1, -0.05) is 24.5 Å². The van der Waals surface area contributed by atoms with E-state index in [4.69, 9.17) is 0 Å². The predicted octanol–water partition coefficient (Wildman–Crippen LogP) is 2.57. The number of nitrogens with zero attached hydrogens (tertiary/aromatic N) is 4. The lowest BCUT2D eigenvalue weighted by molar-refractivity contribution is 0.0861. The number of halogens is 2. The van der Waals surface area contributed by atoms with Gasteiger partial charge in [-0.3, -0.25) is 4.79 Å². The molecule has 1 amide bonds. The monoisotopic (exact) mass is 432 g/mol. The molecule has 0 radical (unpaired) electrons. The number of rotatable bonds is 4. The van der Waals surface area contributed by atoms with Crippen LogP contribution in [0.2, 0.25) is 0 Å². The fourth-order valence-corrected chi connectivity index (χ4v) is 4.74. The number of hydrogen-bond donors (Lipinski definition) is 2. The molecular formula is C19H34Cl2N6O. The number of amides is 1. The van der Waals surface area contributed by atoms with Crippen LogP contribution in [0.1, 0.15) is 74.3 Å². The van der Waals surface area contributed by atoms with Crippen LogP contribution in [0.5, 0.6) is 0 Å². The molecule has 1 saturated carbocycles. The first-order valence-corrected chi connectivity index (χ1v) is 10.5. The van der Waals surface area contributed by atoms with Gasteiger partial charge < -0.3 is 15.5 Å². The summed E-state index contributed by atoms with van der Waals surface area (Å²) in [5.74, 6) is -0.0682. The highest BCUT2D eigenvalue weighted by molar-refractivity contribution is 5.92. The van der Waals surface area contributed by atoms with E-state index in [1.807, 2.05) is 10.9 Å². The molecule has 4 rings (SSSR count). The highest BCUT2D eigenvalue weighted by atomic mass is 35.5. The van der Waals surface area contributed by atoms with Gasteiger partial charge in [-0.25, -0.2) is 4.68 Å². The van der Waals surface area contributed by atoms with E-state index in [0.29, 0.717) is 11.7 Å². The van der Waals surface area contributed by atoms with Gasteiger partial charge in [0.1, 0.15) is 0 Å². The third-order valence-electron chi connectivity index (χ3n) is 6.38. The maximum absolute atomic E-state index is 12.5. The fourth-order valence-electron chi connectivity index (χ4n) is 4.74. The molecule has 0 unspecified atom stereocenters. The van der Waals surface area contributed by atoms with Gasteiger partial charge in [0.05, 0.1) is 12.2 Å². The van der Waals surface area contributed by atoms with Crippen molar-refractivity contribution in [3.05, 3.63) is 11.9 Å². The van der Waals surface area contributed by atoms with Crippen molar-refractivity contribution >= 4 is 30.7 Å². The number of nitrogens with one attached hydrogen (secondary N) is 2. The van der Waals surface area contributed by atoms with E-state index in [0.717, 1.165) is 57.9 Å². The molecule has 7 nitrogen and oxygen atoms in total. The molecule has 2 aliphatic heterocycles. The van der Waals surface area contributed by atoms with Gasteiger partial charge >= 0.3 is 0 Å². The Labute approximate surface area is 180 Å². The number of carbonyl (C=O) groups excluding carboxylic acids is 1. The van der Waals surface area contributed by atoms with Crippen LogP contribution in [0.15, 0.2) is 6.20 Å². The maximum atomic E-state index is 12.5. The molecule has 3 fully saturated rings. The summed E-state index contributed by atoms with van der Waals surface area (Å²) in [5, 5.41) is 14.8. The van der Waals surface area contributed by atoms with Gasteiger partial charge in [0, 0.05) is 25.2 Å². The minimum atomic E-state index is -0.0682. The molecule has 0 atom stereocenters. The summed E-state index contributed by atoms with van der Waals surface area (Å²) in [6.07, 6.45) is 12.9. The predicted molar refractivity (Wildman–Crippen MR) is 115 cm³/mol. The van der Waals surface area contributed by atoms with E-state index >= 15 is 0 Å². The van der Waals surface area contributed by atoms with Gasteiger partial charge in [-0.2, -0.15) is 0 Å². The van der Waals surface area contributed by atoms with Crippen molar-refractivity contribution in [1.29, 1.82) is 0 Å². The van der Waals surface area contributed by atoms with Gasteiger partial charge in [0.2, 0.25) is 0 Å². The van der Waals surface area contributed by atoms with Gasteiger partial charge in [0.15, 0.2) is 5.69 Å². The van der Waals surface area contributed by atoms with Crippen LogP contribution in [0.3, 0.4) is 0 Å². The molecule has 1 aromatic heterocycles. The van der Waals surface area contributed by atoms with Crippen LogP contribution in [-0.4, -0.2) is 64.1 Å². The third-order valence-corrected chi connectivity index (χ3v) is 6.38. The first-order chi connectivity index (χ1) is 12.8. The first kappa shape index (κ1) is 23.4. The van der Waals surface area contributed by atoms with E-state index in [1.165, 1.54) is 32.1 Å². The van der Waals surface area contributed by atoms with Crippen molar-refractivity contribution in [2.75, 3.05) is 26.2 Å². The second kappa shape index (κ2) is 11.3. The van der Waals surface area contributed by atoms with Crippen LogP contribution >= 0.6 is 24.8 Å². The lowest BCUT2D eigenvalue weighted by Crippen LogP contribution is -2.48. The maximum Gasteiger partial charge on any atom is 0.273 e. The Morgan fingerprint density at radius 3 is 2.32 bits per heavy atom. The second-order valence-electron chi connectivity index (χ2n) is 8.14. The third kappa shape index (κ3) is 5.81. The van der Waals surface area contributed by atoms with Crippen molar-refractivity contribution in [3.63, 3.8) is 0 Å². The zero-order valence-electron chi connectivity index (χ0n) is 16.5. The molecule has 3 heterocycles. The Morgan fingerprint density at radius 2 is 1.64 bits per heavy atom. The Bertz CT molecular complexity index is 593. The van der Waals surface area contributed by atoms with E-state index in [1.54, 1.807) is 0 Å². The Hall–Kier alpha value is -0.890. The average molecular weight is 433 g/mol.